The molecule has 1 aliphatic rings. The first-order chi connectivity index (χ1) is 18.2. The van der Waals surface area contributed by atoms with Crippen LogP contribution >= 0.6 is 0 Å². The van der Waals surface area contributed by atoms with Crippen molar-refractivity contribution < 1.29 is 31.8 Å². The summed E-state index contributed by atoms with van der Waals surface area (Å²) in [5.74, 6) is -1.97. The maximum atomic E-state index is 14.1. The van der Waals surface area contributed by atoms with E-state index in [2.05, 4.69) is 15.8 Å². The molecule has 1 aliphatic heterocycles. The van der Waals surface area contributed by atoms with Crippen molar-refractivity contribution in [3.63, 3.8) is 0 Å². The largest absolute Gasteiger partial charge is 0.477 e. The number of aromatic nitrogens is 1. The summed E-state index contributed by atoms with van der Waals surface area (Å²) in [5, 5.41) is 12.3. The third-order valence-corrected chi connectivity index (χ3v) is 9.44. The van der Waals surface area contributed by atoms with Crippen LogP contribution in [0, 0.1) is 0 Å². The van der Waals surface area contributed by atoms with Crippen molar-refractivity contribution in [2.45, 2.75) is 36.6 Å². The minimum Gasteiger partial charge on any atom is -0.477 e. The number of H-pyrrole nitrogens is 1. The van der Waals surface area contributed by atoms with E-state index in [4.69, 9.17) is 0 Å². The van der Waals surface area contributed by atoms with Gasteiger partial charge in [-0.05, 0) is 47.4 Å². The number of urea groups is 1. The van der Waals surface area contributed by atoms with Crippen LogP contribution in [0.25, 0.3) is 21.7 Å². The lowest BCUT2D eigenvalue weighted by atomic mass is 10.0. The van der Waals surface area contributed by atoms with Gasteiger partial charge in [0.1, 0.15) is 11.4 Å². The van der Waals surface area contributed by atoms with Crippen molar-refractivity contribution in [2.75, 3.05) is 6.54 Å². The fraction of sp³-hybridized carbons (Fsp3) is 0.222. The third kappa shape index (κ3) is 4.29. The molecule has 11 heteroatoms. The van der Waals surface area contributed by atoms with E-state index in [0.29, 0.717) is 23.8 Å². The number of piperidine rings is 1. The smallest absolute Gasteiger partial charge is 0.451 e. The summed E-state index contributed by atoms with van der Waals surface area (Å²) >= 11 is 0. The molecular weight excluding hydrogens is 508 g/mol. The quantitative estimate of drug-likeness (QED) is 0.228. The molecule has 1 fully saturated rings. The van der Waals surface area contributed by atoms with Gasteiger partial charge in [0.2, 0.25) is 11.9 Å². The highest BCUT2D eigenvalue weighted by Gasteiger charge is 2.60. The topological polar surface area (TPSA) is 145 Å². The number of carboxylic acids is 1. The number of quaternary nitrogens is 1. The van der Waals surface area contributed by atoms with Gasteiger partial charge in [0.05, 0.1) is 6.42 Å². The number of benzene rings is 3. The molecule has 1 aromatic heterocycles. The molecule has 1 unspecified atom stereocenters. The second-order valence-corrected chi connectivity index (χ2v) is 11.4. The van der Waals surface area contributed by atoms with Crippen molar-refractivity contribution in [1.82, 2.24) is 15.8 Å². The zero-order chi connectivity index (χ0) is 26.9. The summed E-state index contributed by atoms with van der Waals surface area (Å²) in [6.07, 6.45) is 2.40. The molecule has 3 amide bonds. The van der Waals surface area contributed by atoms with Gasteiger partial charge in [-0.3, -0.25) is 10.2 Å². The number of aliphatic carboxylic acids is 1. The fourth-order valence-electron chi connectivity index (χ4n) is 5.22. The fourth-order valence-corrected chi connectivity index (χ4v) is 7.28. The lowest BCUT2D eigenvalue weighted by Crippen LogP contribution is -2.70. The van der Waals surface area contributed by atoms with E-state index in [1.807, 2.05) is 36.4 Å². The average Bonchev–Trinajstić information content (AvgIpc) is 3.33. The van der Waals surface area contributed by atoms with Crippen LogP contribution in [-0.2, 0) is 26.0 Å². The molecule has 196 valence electrons. The third-order valence-electron chi connectivity index (χ3n) is 7.13. The summed E-state index contributed by atoms with van der Waals surface area (Å²) < 4.78 is 26.8. The van der Waals surface area contributed by atoms with Gasteiger partial charge < -0.3 is 10.1 Å². The monoisotopic (exact) mass is 535 g/mol. The summed E-state index contributed by atoms with van der Waals surface area (Å²) in [6.45, 7) is -0.240. The van der Waals surface area contributed by atoms with Crippen LogP contribution in [0.5, 0.6) is 0 Å². The lowest BCUT2D eigenvalue weighted by Gasteiger charge is -2.40. The average molecular weight is 536 g/mol. The Bertz CT molecular complexity index is 1660. The number of carbonyl (C=O) groups is 3. The molecule has 0 aliphatic carbocycles. The summed E-state index contributed by atoms with van der Waals surface area (Å²) in [4.78, 5) is 41.5. The highest BCUT2D eigenvalue weighted by atomic mass is 32.2. The van der Waals surface area contributed by atoms with Crippen molar-refractivity contribution in [3.8, 4) is 0 Å². The maximum Gasteiger partial charge on any atom is 0.451 e. The Morgan fingerprint density at radius 2 is 1.68 bits per heavy atom. The molecule has 10 nitrogen and oxygen atoms in total. The van der Waals surface area contributed by atoms with Gasteiger partial charge >= 0.3 is 22.0 Å². The molecule has 0 spiro atoms. The number of fused-ring (bicyclic) bond motifs is 2. The van der Waals surface area contributed by atoms with E-state index in [0.717, 1.165) is 16.3 Å². The molecule has 1 saturated heterocycles. The van der Waals surface area contributed by atoms with E-state index >= 15 is 0 Å². The highest BCUT2D eigenvalue weighted by Crippen LogP contribution is 2.36. The van der Waals surface area contributed by atoms with Crippen molar-refractivity contribution in [1.29, 1.82) is 0 Å². The minimum atomic E-state index is -4.55. The Hall–Kier alpha value is -4.22. The molecule has 5 rings (SSSR count). The number of nitrogens with zero attached hydrogens (tertiary/aromatic N) is 1. The molecule has 4 N–H and O–H groups in total. The van der Waals surface area contributed by atoms with Crippen molar-refractivity contribution in [3.05, 3.63) is 78.5 Å². The zero-order valence-electron chi connectivity index (χ0n) is 20.4. The molecule has 2 atom stereocenters. The van der Waals surface area contributed by atoms with E-state index in [9.17, 15) is 27.9 Å². The molecule has 0 radical (unpaired) electrons. The number of para-hydroxylation sites is 1. The summed E-state index contributed by atoms with van der Waals surface area (Å²) in [6, 6.07) is 16.4. The Kier molecular flexibility index (Phi) is 6.64. The molecule has 3 aromatic carbocycles. The van der Waals surface area contributed by atoms with Crippen LogP contribution in [-0.4, -0.2) is 52.9 Å². The number of hydrogen-bond acceptors (Lipinski definition) is 5. The van der Waals surface area contributed by atoms with Gasteiger partial charge in [-0.2, -0.15) is 8.42 Å². The number of amides is 3. The lowest BCUT2D eigenvalue weighted by molar-refractivity contribution is -0.749. The molecule has 2 heterocycles. The Morgan fingerprint density at radius 1 is 0.947 bits per heavy atom. The van der Waals surface area contributed by atoms with Gasteiger partial charge in [0.15, 0.2) is 0 Å². The van der Waals surface area contributed by atoms with E-state index in [-0.39, 0.29) is 24.3 Å². The molecule has 38 heavy (non-hydrogen) atoms. The number of hydrogen-bond donors (Lipinski definition) is 4. The predicted octanol–water partition coefficient (Wildman–Crippen LogP) is 3.45. The summed E-state index contributed by atoms with van der Waals surface area (Å²) in [7, 11) is -4.55. The Morgan fingerprint density at radius 3 is 2.47 bits per heavy atom. The van der Waals surface area contributed by atoms with Crippen LogP contribution in [0.4, 0.5) is 4.79 Å². The van der Waals surface area contributed by atoms with Gasteiger partial charge in [-0.25, -0.2) is 15.0 Å². The number of nitrogens with one attached hydrogen (secondary N) is 3. The number of carboxylic acid groups (broad SMARTS) is 1. The number of rotatable bonds is 5. The number of likely N-dealkylation sites (tertiary alicyclic amines) is 1. The van der Waals surface area contributed by atoms with Crippen molar-refractivity contribution >= 4 is 49.6 Å². The van der Waals surface area contributed by atoms with Crippen LogP contribution in [0.1, 0.15) is 24.8 Å². The normalized spacial score (nSPS) is 19.7. The summed E-state index contributed by atoms with van der Waals surface area (Å²) in [5.41, 5.74) is 6.07. The van der Waals surface area contributed by atoms with Crippen LogP contribution < -0.4 is 10.9 Å². The number of carbonyl (C=O) groups excluding carboxylic acids is 2. The Labute approximate surface area is 218 Å². The molecular formula is C27H27N4O6S+. The van der Waals surface area contributed by atoms with E-state index in [1.165, 1.54) is 12.1 Å². The maximum absolute atomic E-state index is 14.1. The second-order valence-electron chi connectivity index (χ2n) is 9.37. The molecule has 0 bridgehead atoms. The number of hydrazine groups is 1. The number of sulfonamides is 1. The van der Waals surface area contributed by atoms with E-state index in [1.54, 1.807) is 24.4 Å². The second kappa shape index (κ2) is 9.92. The number of aromatic amines is 1. The van der Waals surface area contributed by atoms with Crippen LogP contribution in [0.15, 0.2) is 77.8 Å². The van der Waals surface area contributed by atoms with Gasteiger partial charge in [0.25, 0.3) is 0 Å². The standard InChI is InChI=1S/C27H26N4O6S/c32-25(16-20-17-28-23-10-4-3-9-22(20)23)29-30-27(35)31(14-6-5-11-24(31)26(33)34)38(36,37)21-13-12-18-7-1-2-8-19(18)15-21/h1-4,7-10,12-13,15,17,24,28H,5-6,11,14,16H2,(H2-,29,30,32,33,34,35)/p+1/t24?,31-/m0/s1. The van der Waals surface area contributed by atoms with Crippen LogP contribution in [0.2, 0.25) is 0 Å². The first-order valence-electron chi connectivity index (χ1n) is 12.2. The van der Waals surface area contributed by atoms with Crippen molar-refractivity contribution in [2.24, 2.45) is 0 Å². The van der Waals surface area contributed by atoms with Crippen LogP contribution in [0.3, 0.4) is 0 Å². The first-order valence-corrected chi connectivity index (χ1v) is 13.7. The predicted molar refractivity (Wildman–Crippen MR) is 140 cm³/mol. The first kappa shape index (κ1) is 25.4. The highest BCUT2D eigenvalue weighted by molar-refractivity contribution is 7.86. The minimum absolute atomic E-state index is 0.00114. The molecule has 4 aromatic rings. The van der Waals surface area contributed by atoms with Gasteiger partial charge in [0, 0.05) is 23.5 Å². The molecule has 0 saturated carbocycles. The Balaban J connectivity index is 1.45. The van der Waals surface area contributed by atoms with Gasteiger partial charge in [-0.15, -0.1) is 3.89 Å². The van der Waals surface area contributed by atoms with E-state index < -0.39 is 37.9 Å². The zero-order valence-corrected chi connectivity index (χ0v) is 21.2. The van der Waals surface area contributed by atoms with Gasteiger partial charge in [-0.1, -0.05) is 48.5 Å². The SMILES string of the molecule is O=C(Cc1c[nH]c2ccccc12)NNC(=O)[N@+]1(S(=O)(=O)c2ccc3ccccc3c2)CCCCC1C(=O)O.